The summed E-state index contributed by atoms with van der Waals surface area (Å²) in [6.45, 7) is 4.00. The summed E-state index contributed by atoms with van der Waals surface area (Å²) in [4.78, 5) is 0.861. The van der Waals surface area contributed by atoms with Crippen LogP contribution in [0.15, 0.2) is 18.2 Å². The van der Waals surface area contributed by atoms with Crippen LogP contribution in [0.5, 0.6) is 5.75 Å². The summed E-state index contributed by atoms with van der Waals surface area (Å²) < 4.78 is 13.6. The Morgan fingerprint density at radius 1 is 1.37 bits per heavy atom. The average molecular weight is 300 g/mol. The molecule has 0 radical (unpaired) electrons. The van der Waals surface area contributed by atoms with Gasteiger partial charge in [0.05, 0.1) is 15.5 Å². The van der Waals surface area contributed by atoms with Crippen molar-refractivity contribution in [1.82, 2.24) is 0 Å². The molecule has 0 amide bonds. The number of aromatic hydroxyl groups is 1. The van der Waals surface area contributed by atoms with Gasteiger partial charge < -0.3 is 10.4 Å². The number of rotatable bonds is 3. The second kappa shape index (κ2) is 5.39. The molecule has 0 aliphatic rings. The maximum absolute atomic E-state index is 13.6. The number of thiophene rings is 1. The van der Waals surface area contributed by atoms with Crippen LogP contribution >= 0.6 is 22.9 Å². The molecule has 19 heavy (non-hydrogen) atoms. The van der Waals surface area contributed by atoms with Gasteiger partial charge in [0.15, 0.2) is 0 Å². The van der Waals surface area contributed by atoms with Gasteiger partial charge in [-0.1, -0.05) is 37.6 Å². The van der Waals surface area contributed by atoms with Gasteiger partial charge >= 0.3 is 0 Å². The molecule has 2 aromatic rings. The molecule has 2 nitrogen and oxygen atoms in total. The Kier molecular flexibility index (Phi) is 4.02. The molecule has 0 aliphatic heterocycles. The van der Waals surface area contributed by atoms with Crippen molar-refractivity contribution in [2.24, 2.45) is 0 Å². The molecule has 0 aliphatic carbocycles. The standard InChI is InChI=1S/C14H15ClFNOS/c1-7(2)13-12(18)10(14(17-3)19-13)8-5-4-6-9(16)11(8)15/h4-7,17-18H,1-3H3. The van der Waals surface area contributed by atoms with Crippen molar-refractivity contribution in [3.8, 4) is 16.9 Å². The van der Waals surface area contributed by atoms with Crippen LogP contribution < -0.4 is 5.32 Å². The second-order valence-corrected chi connectivity index (χ2v) is 5.96. The zero-order chi connectivity index (χ0) is 14.2. The van der Waals surface area contributed by atoms with Gasteiger partial charge in [0.25, 0.3) is 0 Å². The summed E-state index contributed by atoms with van der Waals surface area (Å²) in [5, 5.41) is 14.2. The molecule has 0 fully saturated rings. The Morgan fingerprint density at radius 2 is 2.05 bits per heavy atom. The van der Waals surface area contributed by atoms with E-state index in [1.165, 1.54) is 17.4 Å². The van der Waals surface area contributed by atoms with E-state index in [1.807, 2.05) is 13.8 Å². The normalized spacial score (nSPS) is 11.1. The van der Waals surface area contributed by atoms with Crippen LogP contribution in [0, 0.1) is 5.82 Å². The van der Waals surface area contributed by atoms with Gasteiger partial charge in [0, 0.05) is 12.6 Å². The predicted molar refractivity (Wildman–Crippen MR) is 80.0 cm³/mol. The Balaban J connectivity index is 2.71. The molecule has 0 unspecified atom stereocenters. The summed E-state index contributed by atoms with van der Waals surface area (Å²) in [5.74, 6) is -0.118. The number of nitrogens with one attached hydrogen (secondary N) is 1. The average Bonchev–Trinajstić information content (AvgIpc) is 2.70. The van der Waals surface area contributed by atoms with Crippen molar-refractivity contribution in [2.45, 2.75) is 19.8 Å². The smallest absolute Gasteiger partial charge is 0.142 e. The lowest BCUT2D eigenvalue weighted by atomic mass is 10.0. The van der Waals surface area contributed by atoms with Crippen molar-refractivity contribution < 1.29 is 9.50 Å². The zero-order valence-corrected chi connectivity index (χ0v) is 12.5. The summed E-state index contributed by atoms with van der Waals surface area (Å²) in [6, 6.07) is 4.60. The first-order valence-electron chi connectivity index (χ1n) is 5.95. The summed E-state index contributed by atoms with van der Waals surface area (Å²) >= 11 is 7.47. The number of anilines is 1. The van der Waals surface area contributed by atoms with Crippen molar-refractivity contribution in [3.63, 3.8) is 0 Å². The summed E-state index contributed by atoms with van der Waals surface area (Å²) in [7, 11) is 1.77. The minimum atomic E-state index is -0.488. The molecule has 1 aromatic heterocycles. The van der Waals surface area contributed by atoms with Gasteiger partial charge in [-0.05, 0) is 12.0 Å². The zero-order valence-electron chi connectivity index (χ0n) is 10.9. The highest BCUT2D eigenvalue weighted by Crippen LogP contribution is 2.50. The van der Waals surface area contributed by atoms with Crippen molar-refractivity contribution >= 4 is 27.9 Å². The Labute approximate surface area is 120 Å². The van der Waals surface area contributed by atoms with Gasteiger partial charge in [-0.15, -0.1) is 11.3 Å². The van der Waals surface area contributed by atoms with Crippen LogP contribution in [0.3, 0.4) is 0 Å². The molecule has 0 spiro atoms. The molecule has 0 bridgehead atoms. The van der Waals surface area contributed by atoms with Gasteiger partial charge in [0.1, 0.15) is 16.6 Å². The fourth-order valence-corrected chi connectivity index (χ4v) is 3.24. The molecule has 102 valence electrons. The first-order chi connectivity index (χ1) is 8.97. The third-order valence-corrected chi connectivity index (χ3v) is 4.76. The number of benzene rings is 1. The number of hydrogen-bond donors (Lipinski definition) is 2. The van der Waals surface area contributed by atoms with Crippen LogP contribution in [0.1, 0.15) is 24.6 Å². The maximum atomic E-state index is 13.6. The number of halogens is 2. The maximum Gasteiger partial charge on any atom is 0.142 e. The van der Waals surface area contributed by atoms with Crippen LogP contribution in [-0.4, -0.2) is 12.2 Å². The fraction of sp³-hybridized carbons (Fsp3) is 0.286. The van der Waals surface area contributed by atoms with E-state index < -0.39 is 5.82 Å². The molecule has 0 saturated carbocycles. The summed E-state index contributed by atoms with van der Waals surface area (Å²) in [6.07, 6.45) is 0. The molecule has 1 heterocycles. The molecule has 2 rings (SSSR count). The lowest BCUT2D eigenvalue weighted by Gasteiger charge is -2.07. The van der Waals surface area contributed by atoms with Crippen molar-refractivity contribution in [1.29, 1.82) is 0 Å². The second-order valence-electron chi connectivity index (χ2n) is 4.53. The van der Waals surface area contributed by atoms with Crippen molar-refractivity contribution in [3.05, 3.63) is 33.9 Å². The molecule has 2 N–H and O–H groups in total. The number of hydrogen-bond acceptors (Lipinski definition) is 3. The van der Waals surface area contributed by atoms with E-state index in [0.717, 1.165) is 9.88 Å². The fourth-order valence-electron chi connectivity index (χ4n) is 1.95. The highest BCUT2D eigenvalue weighted by molar-refractivity contribution is 7.17. The topological polar surface area (TPSA) is 32.3 Å². The van der Waals surface area contributed by atoms with Crippen LogP contribution in [0.25, 0.3) is 11.1 Å². The minimum absolute atomic E-state index is 0.0300. The van der Waals surface area contributed by atoms with Crippen LogP contribution in [0.2, 0.25) is 5.02 Å². The third-order valence-electron chi connectivity index (χ3n) is 2.88. The van der Waals surface area contributed by atoms with E-state index in [-0.39, 0.29) is 16.7 Å². The van der Waals surface area contributed by atoms with Crippen LogP contribution in [-0.2, 0) is 0 Å². The first kappa shape index (κ1) is 14.2. The van der Waals surface area contributed by atoms with Gasteiger partial charge in [-0.2, -0.15) is 0 Å². The van der Waals surface area contributed by atoms with E-state index >= 15 is 0 Å². The Hall–Kier alpha value is -1.26. The highest BCUT2D eigenvalue weighted by atomic mass is 35.5. The molecule has 0 saturated heterocycles. The Bertz CT molecular complexity index is 610. The van der Waals surface area contributed by atoms with E-state index in [9.17, 15) is 9.50 Å². The van der Waals surface area contributed by atoms with Crippen LogP contribution in [0.4, 0.5) is 9.39 Å². The Morgan fingerprint density at radius 3 is 2.63 bits per heavy atom. The third kappa shape index (κ3) is 2.42. The SMILES string of the molecule is CNc1sc(C(C)C)c(O)c1-c1cccc(F)c1Cl. The quantitative estimate of drug-likeness (QED) is 0.828. The molecular formula is C14H15ClFNOS. The van der Waals surface area contributed by atoms with Crippen molar-refractivity contribution in [2.75, 3.05) is 12.4 Å². The monoisotopic (exact) mass is 299 g/mol. The van der Waals surface area contributed by atoms with Gasteiger partial charge in [0.2, 0.25) is 0 Å². The highest BCUT2D eigenvalue weighted by Gasteiger charge is 2.22. The van der Waals surface area contributed by atoms with E-state index in [1.54, 1.807) is 19.2 Å². The van der Waals surface area contributed by atoms with E-state index in [2.05, 4.69) is 5.32 Å². The van der Waals surface area contributed by atoms with Gasteiger partial charge in [-0.3, -0.25) is 0 Å². The van der Waals surface area contributed by atoms with E-state index in [4.69, 9.17) is 11.6 Å². The minimum Gasteiger partial charge on any atom is -0.506 e. The summed E-state index contributed by atoms with van der Waals surface area (Å²) in [5.41, 5.74) is 1.08. The molecule has 5 heteroatoms. The largest absolute Gasteiger partial charge is 0.506 e. The predicted octanol–water partition coefficient (Wildman–Crippen LogP) is 5.08. The van der Waals surface area contributed by atoms with E-state index in [0.29, 0.717) is 11.1 Å². The first-order valence-corrected chi connectivity index (χ1v) is 7.14. The molecule has 0 atom stereocenters. The van der Waals surface area contributed by atoms with Gasteiger partial charge in [-0.25, -0.2) is 4.39 Å². The molecule has 1 aromatic carbocycles. The lowest BCUT2D eigenvalue weighted by molar-refractivity contribution is 0.471. The molecular weight excluding hydrogens is 285 g/mol. The lowest BCUT2D eigenvalue weighted by Crippen LogP contribution is -1.89.